The van der Waals surface area contributed by atoms with Crippen LogP contribution in [0.1, 0.15) is 37.0 Å². The molecule has 0 aliphatic heterocycles. The van der Waals surface area contributed by atoms with Crippen molar-refractivity contribution in [1.82, 2.24) is 5.32 Å². The number of hydrogen-bond acceptors (Lipinski definition) is 3. The van der Waals surface area contributed by atoms with Crippen LogP contribution in [0.15, 0.2) is 24.3 Å². The molecule has 0 saturated carbocycles. The van der Waals surface area contributed by atoms with Crippen LogP contribution in [0.4, 0.5) is 5.69 Å². The van der Waals surface area contributed by atoms with Gasteiger partial charge in [0, 0.05) is 30.3 Å². The standard InChI is InChI=1S/C14H20N2O3/c1-10(2)15-14(19)11-5-3-6-12(9-11)16-13(18)7-4-8-17/h3,5-6,9-10,17H,4,7-8H2,1-2H3,(H,15,19)(H,16,18). The molecule has 0 bridgehead atoms. The summed E-state index contributed by atoms with van der Waals surface area (Å²) in [5.41, 5.74) is 1.09. The highest BCUT2D eigenvalue weighted by atomic mass is 16.3. The van der Waals surface area contributed by atoms with Crippen LogP contribution in [0.5, 0.6) is 0 Å². The van der Waals surface area contributed by atoms with Crippen molar-refractivity contribution < 1.29 is 14.7 Å². The Morgan fingerprint density at radius 3 is 2.68 bits per heavy atom. The van der Waals surface area contributed by atoms with Gasteiger partial charge in [0.2, 0.25) is 5.91 Å². The van der Waals surface area contributed by atoms with E-state index in [9.17, 15) is 9.59 Å². The van der Waals surface area contributed by atoms with E-state index in [0.717, 1.165) is 0 Å². The number of hydrogen-bond donors (Lipinski definition) is 3. The Morgan fingerprint density at radius 1 is 1.32 bits per heavy atom. The van der Waals surface area contributed by atoms with Gasteiger partial charge in [0.15, 0.2) is 0 Å². The van der Waals surface area contributed by atoms with E-state index >= 15 is 0 Å². The molecule has 1 aromatic rings. The van der Waals surface area contributed by atoms with Gasteiger partial charge in [0.1, 0.15) is 0 Å². The summed E-state index contributed by atoms with van der Waals surface area (Å²) in [6.07, 6.45) is 0.693. The Morgan fingerprint density at radius 2 is 2.05 bits per heavy atom. The average molecular weight is 264 g/mol. The molecule has 0 heterocycles. The highest BCUT2D eigenvalue weighted by Gasteiger charge is 2.08. The van der Waals surface area contributed by atoms with Gasteiger partial charge in [-0.25, -0.2) is 0 Å². The number of amides is 2. The molecule has 1 rings (SSSR count). The van der Waals surface area contributed by atoms with Crippen molar-refractivity contribution in [2.24, 2.45) is 0 Å². The summed E-state index contributed by atoms with van der Waals surface area (Å²) in [6, 6.07) is 6.84. The van der Waals surface area contributed by atoms with Crippen molar-refractivity contribution in [3.05, 3.63) is 29.8 Å². The van der Waals surface area contributed by atoms with Crippen LogP contribution in [0.25, 0.3) is 0 Å². The van der Waals surface area contributed by atoms with Crippen LogP contribution in [0.3, 0.4) is 0 Å². The first-order valence-corrected chi connectivity index (χ1v) is 6.34. The van der Waals surface area contributed by atoms with Crippen molar-refractivity contribution in [2.75, 3.05) is 11.9 Å². The molecule has 19 heavy (non-hydrogen) atoms. The lowest BCUT2D eigenvalue weighted by Gasteiger charge is -2.10. The highest BCUT2D eigenvalue weighted by Crippen LogP contribution is 2.11. The Labute approximate surface area is 113 Å². The first-order valence-electron chi connectivity index (χ1n) is 6.34. The number of benzene rings is 1. The predicted molar refractivity (Wildman–Crippen MR) is 74.0 cm³/mol. The summed E-state index contributed by atoms with van der Waals surface area (Å²) in [7, 11) is 0. The maximum atomic E-state index is 11.8. The van der Waals surface area contributed by atoms with E-state index in [1.54, 1.807) is 24.3 Å². The molecule has 0 aromatic heterocycles. The van der Waals surface area contributed by atoms with Crippen LogP contribution in [0.2, 0.25) is 0 Å². The molecular weight excluding hydrogens is 244 g/mol. The van der Waals surface area contributed by atoms with Crippen LogP contribution in [-0.2, 0) is 4.79 Å². The molecule has 0 fully saturated rings. The van der Waals surface area contributed by atoms with E-state index in [4.69, 9.17) is 5.11 Å². The van der Waals surface area contributed by atoms with Crippen molar-refractivity contribution in [1.29, 1.82) is 0 Å². The number of aliphatic hydroxyl groups is 1. The molecule has 0 unspecified atom stereocenters. The zero-order chi connectivity index (χ0) is 14.3. The minimum atomic E-state index is -0.171. The molecular formula is C14H20N2O3. The molecule has 1 aromatic carbocycles. The third-order valence-corrected chi connectivity index (χ3v) is 2.39. The van der Waals surface area contributed by atoms with Gasteiger partial charge < -0.3 is 15.7 Å². The minimum Gasteiger partial charge on any atom is -0.396 e. The van der Waals surface area contributed by atoms with Crippen molar-refractivity contribution in [2.45, 2.75) is 32.7 Å². The topological polar surface area (TPSA) is 78.4 Å². The van der Waals surface area contributed by atoms with E-state index < -0.39 is 0 Å². The SMILES string of the molecule is CC(C)NC(=O)c1cccc(NC(=O)CCCO)c1. The molecule has 5 nitrogen and oxygen atoms in total. The number of carbonyl (C=O) groups excluding carboxylic acids is 2. The first kappa shape index (κ1) is 15.2. The molecule has 5 heteroatoms. The second-order valence-corrected chi connectivity index (χ2v) is 4.58. The molecule has 2 amide bonds. The van der Waals surface area contributed by atoms with Crippen molar-refractivity contribution in [3.8, 4) is 0 Å². The molecule has 0 radical (unpaired) electrons. The number of aliphatic hydroxyl groups excluding tert-OH is 1. The summed E-state index contributed by atoms with van der Waals surface area (Å²) in [4.78, 5) is 23.3. The van der Waals surface area contributed by atoms with Gasteiger partial charge >= 0.3 is 0 Å². The summed E-state index contributed by atoms with van der Waals surface area (Å²) in [6.45, 7) is 3.76. The Bertz CT molecular complexity index is 444. The number of anilines is 1. The molecule has 0 atom stereocenters. The Balaban J connectivity index is 2.66. The summed E-state index contributed by atoms with van der Waals surface area (Å²) >= 11 is 0. The highest BCUT2D eigenvalue weighted by molar-refractivity contribution is 5.97. The fraction of sp³-hybridized carbons (Fsp3) is 0.429. The minimum absolute atomic E-state index is 0.00967. The largest absolute Gasteiger partial charge is 0.396 e. The summed E-state index contributed by atoms with van der Waals surface area (Å²) < 4.78 is 0. The molecule has 0 spiro atoms. The fourth-order valence-electron chi connectivity index (χ4n) is 1.55. The third-order valence-electron chi connectivity index (χ3n) is 2.39. The Hall–Kier alpha value is -1.88. The van der Waals surface area contributed by atoms with Crippen LogP contribution in [-0.4, -0.2) is 29.6 Å². The third kappa shape index (κ3) is 5.52. The van der Waals surface area contributed by atoms with Crippen molar-refractivity contribution >= 4 is 17.5 Å². The van der Waals surface area contributed by atoms with Crippen LogP contribution in [0, 0.1) is 0 Å². The molecule has 0 aliphatic carbocycles. The molecule has 104 valence electrons. The van der Waals surface area contributed by atoms with Gasteiger partial charge in [-0.1, -0.05) is 6.07 Å². The summed E-state index contributed by atoms with van der Waals surface area (Å²) in [5, 5.41) is 14.1. The van der Waals surface area contributed by atoms with Gasteiger partial charge in [-0.2, -0.15) is 0 Å². The van der Waals surface area contributed by atoms with Gasteiger partial charge in [-0.15, -0.1) is 0 Å². The fourth-order valence-corrected chi connectivity index (χ4v) is 1.55. The normalized spacial score (nSPS) is 10.3. The maximum absolute atomic E-state index is 11.8. The molecule has 0 saturated heterocycles. The van der Waals surface area contributed by atoms with Gasteiger partial charge in [0.25, 0.3) is 5.91 Å². The second kappa shape index (κ2) is 7.53. The van der Waals surface area contributed by atoms with E-state index in [1.165, 1.54) is 0 Å². The van der Waals surface area contributed by atoms with Gasteiger partial charge in [0.05, 0.1) is 0 Å². The van der Waals surface area contributed by atoms with Gasteiger partial charge in [-0.05, 0) is 38.5 Å². The molecule has 0 aliphatic rings. The lowest BCUT2D eigenvalue weighted by atomic mass is 10.1. The predicted octanol–water partition coefficient (Wildman–Crippen LogP) is 1.54. The smallest absolute Gasteiger partial charge is 0.251 e. The lowest BCUT2D eigenvalue weighted by molar-refractivity contribution is -0.116. The zero-order valence-corrected chi connectivity index (χ0v) is 11.3. The van der Waals surface area contributed by atoms with E-state index in [0.29, 0.717) is 17.7 Å². The zero-order valence-electron chi connectivity index (χ0n) is 11.3. The van der Waals surface area contributed by atoms with Crippen molar-refractivity contribution in [3.63, 3.8) is 0 Å². The van der Waals surface area contributed by atoms with E-state index in [1.807, 2.05) is 13.8 Å². The number of carbonyl (C=O) groups is 2. The maximum Gasteiger partial charge on any atom is 0.251 e. The average Bonchev–Trinajstić information content (AvgIpc) is 2.36. The van der Waals surface area contributed by atoms with E-state index in [2.05, 4.69) is 10.6 Å². The molecule has 3 N–H and O–H groups in total. The van der Waals surface area contributed by atoms with Crippen LogP contribution >= 0.6 is 0 Å². The van der Waals surface area contributed by atoms with Crippen LogP contribution < -0.4 is 10.6 Å². The number of rotatable bonds is 6. The monoisotopic (exact) mass is 264 g/mol. The van der Waals surface area contributed by atoms with Gasteiger partial charge in [-0.3, -0.25) is 9.59 Å². The second-order valence-electron chi connectivity index (χ2n) is 4.58. The Kier molecular flexibility index (Phi) is 6.02. The van der Waals surface area contributed by atoms with E-state index in [-0.39, 0.29) is 30.9 Å². The number of nitrogens with one attached hydrogen (secondary N) is 2. The summed E-state index contributed by atoms with van der Waals surface area (Å²) in [5.74, 6) is -0.336. The first-order chi connectivity index (χ1) is 9.02. The lowest BCUT2D eigenvalue weighted by Crippen LogP contribution is -2.30. The quantitative estimate of drug-likeness (QED) is 0.729.